The van der Waals surface area contributed by atoms with E-state index >= 15 is 0 Å². The highest BCUT2D eigenvalue weighted by Gasteiger charge is 2.82. The average Bonchev–Trinajstić information content (AvgIpc) is 3.13. The number of rotatable bonds is 6. The first-order valence-corrected chi connectivity index (χ1v) is 13.5. The normalized spacial score (nSPS) is 48.4. The minimum Gasteiger partial charge on any atom is -0.392 e. The van der Waals surface area contributed by atoms with Gasteiger partial charge >= 0.3 is 0 Å². The second-order valence-electron chi connectivity index (χ2n) is 11.3. The number of piperidine rings is 4. The number of quaternary nitrogens is 1. The van der Waals surface area contributed by atoms with Crippen LogP contribution in [0.15, 0.2) is 22.7 Å². The van der Waals surface area contributed by atoms with Crippen molar-refractivity contribution < 1.29 is 14.7 Å². The van der Waals surface area contributed by atoms with Crippen molar-refractivity contribution in [3.05, 3.63) is 28.2 Å². The predicted octanol–water partition coefficient (Wildman–Crippen LogP) is 4.41. The summed E-state index contributed by atoms with van der Waals surface area (Å²) in [5.41, 5.74) is 2.48. The molecule has 5 aliphatic heterocycles. The van der Waals surface area contributed by atoms with E-state index in [1.165, 1.54) is 43.4 Å². The number of fused-ring (bicyclic) bond motifs is 2. The number of anilines is 1. The molecule has 5 bridgehead atoms. The zero-order valence-corrected chi connectivity index (χ0v) is 20.8. The predicted molar refractivity (Wildman–Crippen MR) is 127 cm³/mol. The summed E-state index contributed by atoms with van der Waals surface area (Å²) < 4.78 is 1.99. The minimum atomic E-state index is -0.298. The van der Waals surface area contributed by atoms with Crippen molar-refractivity contribution in [1.82, 2.24) is 0 Å². The van der Waals surface area contributed by atoms with Crippen molar-refractivity contribution in [2.75, 3.05) is 18.5 Å². The van der Waals surface area contributed by atoms with Gasteiger partial charge in [0.05, 0.1) is 30.1 Å². The molecule has 1 spiro atoms. The van der Waals surface area contributed by atoms with Crippen molar-refractivity contribution in [2.45, 2.75) is 94.7 Å². The van der Waals surface area contributed by atoms with Gasteiger partial charge in [0.25, 0.3) is 0 Å². The summed E-state index contributed by atoms with van der Waals surface area (Å²) in [6, 6.07) is 7.80. The van der Waals surface area contributed by atoms with Gasteiger partial charge in [0.2, 0.25) is 0 Å². The molecule has 4 nitrogen and oxygen atoms in total. The van der Waals surface area contributed by atoms with Crippen LogP contribution in [-0.4, -0.2) is 58.7 Å². The van der Waals surface area contributed by atoms with Gasteiger partial charge in [0.15, 0.2) is 6.23 Å². The third-order valence-corrected chi connectivity index (χ3v) is 11.1. The molecule has 0 amide bonds. The Bertz CT molecular complexity index is 894. The Morgan fingerprint density at radius 2 is 1.97 bits per heavy atom. The van der Waals surface area contributed by atoms with Gasteiger partial charge in [0, 0.05) is 41.9 Å². The summed E-state index contributed by atoms with van der Waals surface area (Å²) >= 11 is 3.72. The van der Waals surface area contributed by atoms with E-state index in [0.29, 0.717) is 29.8 Å². The monoisotopic (exact) mass is 489 g/mol. The van der Waals surface area contributed by atoms with E-state index in [0.717, 1.165) is 28.3 Å². The maximum absolute atomic E-state index is 12.1. The average molecular weight is 491 g/mol. The number of hydrogen-bond acceptors (Lipinski definition) is 3. The van der Waals surface area contributed by atoms with Crippen LogP contribution < -0.4 is 4.90 Å². The topological polar surface area (TPSA) is 43.7 Å². The van der Waals surface area contributed by atoms with E-state index in [1.54, 1.807) is 0 Å². The molecule has 4 unspecified atom stereocenters. The van der Waals surface area contributed by atoms with Gasteiger partial charge in [-0.2, -0.15) is 0 Å². The maximum atomic E-state index is 12.1. The summed E-state index contributed by atoms with van der Waals surface area (Å²) in [4.78, 5) is 2.49. The molecule has 1 aliphatic carbocycles. The number of halogens is 1. The van der Waals surface area contributed by atoms with Gasteiger partial charge in [-0.25, -0.2) is 0 Å². The van der Waals surface area contributed by atoms with Crippen LogP contribution in [0.2, 0.25) is 0 Å². The van der Waals surface area contributed by atoms with Gasteiger partial charge in [-0.15, -0.1) is 0 Å². The Hall–Kier alpha value is -0.620. The van der Waals surface area contributed by atoms with Crippen LogP contribution in [0.3, 0.4) is 0 Å². The van der Waals surface area contributed by atoms with E-state index in [-0.39, 0.29) is 23.8 Å². The standard InChI is InChI=1S/C26H38BrN2O2/c1-4-6-7-8-11-29-20-13-17(16(5-2)25(29)31)22-21(29)14-26(24(22)30)18-12-15(27)9-10-19(18)28(3)23(20)26/h9-10,12,16-17,20-25,30-31H,4-8,11,13-14H2,1-3H3/q+1/t16-,17?,20+,21+,22?,23+,24-,25+,26?,29?/m1/s1. The summed E-state index contributed by atoms with van der Waals surface area (Å²) in [5, 5.41) is 24.0. The smallest absolute Gasteiger partial charge is 0.194 e. The van der Waals surface area contributed by atoms with Crippen LogP contribution in [0.25, 0.3) is 0 Å². The number of likely N-dealkylation sites (N-methyl/N-ethyl adjacent to an activating group) is 1. The van der Waals surface area contributed by atoms with Crippen LogP contribution >= 0.6 is 15.9 Å². The summed E-state index contributed by atoms with van der Waals surface area (Å²) in [7, 11) is 2.25. The first-order chi connectivity index (χ1) is 14.9. The van der Waals surface area contributed by atoms with Crippen molar-refractivity contribution in [3.8, 4) is 0 Å². The molecule has 1 saturated carbocycles. The highest BCUT2D eigenvalue weighted by molar-refractivity contribution is 9.10. The van der Waals surface area contributed by atoms with E-state index in [1.807, 2.05) is 0 Å². The molecule has 0 aromatic heterocycles. The SMILES string of the molecule is CCCCCC[N+]12[C@H]3CC45c6cc(Br)ccc6N(C)[C@H]4[C@@H]1CC(C3[C@H]5O)[C@@H](CC)[C@@H]2O. The van der Waals surface area contributed by atoms with Gasteiger partial charge in [-0.1, -0.05) is 42.6 Å². The molecule has 5 heterocycles. The lowest BCUT2D eigenvalue weighted by Crippen LogP contribution is -2.83. The Morgan fingerprint density at radius 1 is 1.16 bits per heavy atom. The number of benzene rings is 1. The molecule has 5 heteroatoms. The van der Waals surface area contributed by atoms with Gasteiger partial charge in [0.1, 0.15) is 6.04 Å². The van der Waals surface area contributed by atoms with Gasteiger partial charge in [-0.3, -0.25) is 4.48 Å². The number of aliphatic hydroxyl groups is 2. The van der Waals surface area contributed by atoms with Crippen LogP contribution in [0, 0.1) is 17.8 Å². The second-order valence-corrected chi connectivity index (χ2v) is 12.2. The third kappa shape index (κ3) is 2.28. The molecule has 7 rings (SSSR count). The van der Waals surface area contributed by atoms with Gasteiger partial charge in [-0.05, 0) is 48.9 Å². The lowest BCUT2D eigenvalue weighted by atomic mass is 9.60. The molecule has 5 fully saturated rings. The van der Waals surface area contributed by atoms with Crippen molar-refractivity contribution in [3.63, 3.8) is 0 Å². The molecule has 2 N–H and O–H groups in total. The fourth-order valence-corrected chi connectivity index (χ4v) is 10.0. The largest absolute Gasteiger partial charge is 0.392 e. The molecule has 6 aliphatic rings. The Balaban J connectivity index is 1.51. The zero-order valence-electron chi connectivity index (χ0n) is 19.2. The fourth-order valence-electron chi connectivity index (χ4n) is 9.67. The molecule has 31 heavy (non-hydrogen) atoms. The van der Waals surface area contributed by atoms with Crippen molar-refractivity contribution >= 4 is 21.6 Å². The molecular weight excluding hydrogens is 452 g/mol. The first-order valence-electron chi connectivity index (χ1n) is 12.7. The quantitative estimate of drug-likeness (QED) is 0.459. The molecule has 4 saturated heterocycles. The number of aliphatic hydroxyl groups excluding tert-OH is 2. The summed E-state index contributed by atoms with van der Waals surface area (Å²) in [5.74, 6) is 1.13. The minimum absolute atomic E-state index is 0.171. The third-order valence-electron chi connectivity index (χ3n) is 10.6. The van der Waals surface area contributed by atoms with E-state index in [4.69, 9.17) is 0 Å². The van der Waals surface area contributed by atoms with Crippen LogP contribution in [-0.2, 0) is 5.41 Å². The van der Waals surface area contributed by atoms with E-state index in [9.17, 15) is 10.2 Å². The number of nitrogens with zero attached hydrogens (tertiary/aromatic N) is 2. The van der Waals surface area contributed by atoms with Crippen LogP contribution in [0.5, 0.6) is 0 Å². The maximum Gasteiger partial charge on any atom is 0.194 e. The highest BCUT2D eigenvalue weighted by atomic mass is 79.9. The molecule has 170 valence electrons. The van der Waals surface area contributed by atoms with Crippen molar-refractivity contribution in [2.24, 2.45) is 17.8 Å². The Morgan fingerprint density at radius 3 is 2.71 bits per heavy atom. The summed E-state index contributed by atoms with van der Waals surface area (Å²) in [6.45, 7) is 5.61. The summed E-state index contributed by atoms with van der Waals surface area (Å²) in [6.07, 6.45) is 7.66. The fraction of sp³-hybridized carbons (Fsp3) is 0.769. The van der Waals surface area contributed by atoms with Gasteiger partial charge < -0.3 is 15.1 Å². The van der Waals surface area contributed by atoms with Crippen molar-refractivity contribution in [1.29, 1.82) is 0 Å². The molecule has 1 aromatic rings. The molecule has 10 atom stereocenters. The van der Waals surface area contributed by atoms with Crippen LogP contribution in [0.1, 0.15) is 64.4 Å². The second kappa shape index (κ2) is 6.94. The Kier molecular flexibility index (Phi) is 4.69. The van der Waals surface area contributed by atoms with E-state index < -0.39 is 0 Å². The zero-order chi connectivity index (χ0) is 21.7. The molecular formula is C26H38BrN2O2+. The highest BCUT2D eigenvalue weighted by Crippen LogP contribution is 2.71. The first kappa shape index (κ1) is 20.9. The number of hydrogen-bond donors (Lipinski definition) is 2. The number of unbranched alkanes of at least 4 members (excludes halogenated alkanes) is 3. The van der Waals surface area contributed by atoms with Crippen LogP contribution in [0.4, 0.5) is 5.69 Å². The van der Waals surface area contributed by atoms with E-state index in [2.05, 4.69) is 59.9 Å². The lowest BCUT2D eigenvalue weighted by Gasteiger charge is -2.68. The Labute approximate surface area is 195 Å². The lowest BCUT2D eigenvalue weighted by molar-refractivity contribution is -1.04. The molecule has 0 radical (unpaired) electrons. The molecule has 1 aromatic carbocycles.